The first-order chi connectivity index (χ1) is 4.95. The van der Waals surface area contributed by atoms with Crippen LogP contribution in [0.3, 0.4) is 0 Å². The van der Waals surface area contributed by atoms with E-state index >= 15 is 0 Å². The lowest BCUT2D eigenvalue weighted by Gasteiger charge is -2.21. The van der Waals surface area contributed by atoms with E-state index in [4.69, 9.17) is 14.9 Å². The molecule has 0 aliphatic carbocycles. The fourth-order valence-electron chi connectivity index (χ4n) is 0.457. The van der Waals surface area contributed by atoms with Gasteiger partial charge in [0.2, 0.25) is 0 Å². The third-order valence-electron chi connectivity index (χ3n) is 1.42. The van der Waals surface area contributed by atoms with Crippen LogP contribution in [0.1, 0.15) is 27.7 Å². The highest BCUT2D eigenvalue weighted by Gasteiger charge is 2.17. The third-order valence-corrected chi connectivity index (χ3v) is 1.42. The van der Waals surface area contributed by atoms with Crippen molar-refractivity contribution in [2.45, 2.75) is 40.3 Å². The second kappa shape index (κ2) is 4.70. The van der Waals surface area contributed by atoms with Gasteiger partial charge in [-0.25, -0.2) is 0 Å². The molecular formula is C8H18O3. The molecule has 3 nitrogen and oxygen atoms in total. The van der Waals surface area contributed by atoms with E-state index in [9.17, 15) is 0 Å². The van der Waals surface area contributed by atoms with Crippen LogP contribution in [0.4, 0.5) is 0 Å². The van der Waals surface area contributed by atoms with Crippen molar-refractivity contribution in [3.8, 4) is 0 Å². The molecule has 0 bridgehead atoms. The van der Waals surface area contributed by atoms with E-state index in [-0.39, 0.29) is 11.8 Å². The molecule has 2 atom stereocenters. The normalized spacial score (nSPS) is 17.5. The van der Waals surface area contributed by atoms with Gasteiger partial charge >= 0.3 is 0 Å². The van der Waals surface area contributed by atoms with Crippen LogP contribution in [0.2, 0.25) is 0 Å². The van der Waals surface area contributed by atoms with E-state index in [0.717, 1.165) is 0 Å². The lowest BCUT2D eigenvalue weighted by Crippen LogP contribution is -2.29. The molecule has 0 heterocycles. The maximum atomic E-state index is 9.16. The summed E-state index contributed by atoms with van der Waals surface area (Å²) in [6.45, 7) is 7.32. The van der Waals surface area contributed by atoms with Gasteiger partial charge in [0.25, 0.3) is 0 Å². The van der Waals surface area contributed by atoms with Crippen molar-refractivity contribution < 1.29 is 14.9 Å². The summed E-state index contributed by atoms with van der Waals surface area (Å²) in [6.07, 6.45) is -1.74. The molecule has 0 aliphatic heterocycles. The first-order valence-electron chi connectivity index (χ1n) is 3.96. The molecule has 0 fully saturated rings. The van der Waals surface area contributed by atoms with Crippen molar-refractivity contribution in [3.63, 3.8) is 0 Å². The van der Waals surface area contributed by atoms with Crippen molar-refractivity contribution in [1.29, 1.82) is 0 Å². The standard InChI is InChI=1S/C8H18O3/c1-5(2)7(9)11-8(10)6(3)4/h5-10H,1-4H3. The van der Waals surface area contributed by atoms with Crippen LogP contribution in [0.15, 0.2) is 0 Å². The maximum absolute atomic E-state index is 9.16. The van der Waals surface area contributed by atoms with Gasteiger partial charge in [0.05, 0.1) is 0 Å². The van der Waals surface area contributed by atoms with Crippen LogP contribution in [-0.2, 0) is 4.74 Å². The summed E-state index contributed by atoms with van der Waals surface area (Å²) in [4.78, 5) is 0. The first-order valence-corrected chi connectivity index (χ1v) is 3.96. The molecule has 0 aromatic rings. The van der Waals surface area contributed by atoms with Gasteiger partial charge in [0.15, 0.2) is 12.6 Å². The molecule has 0 aromatic carbocycles. The molecule has 2 N–H and O–H groups in total. The Bertz CT molecular complexity index is 89.5. The summed E-state index contributed by atoms with van der Waals surface area (Å²) < 4.78 is 4.88. The van der Waals surface area contributed by atoms with Gasteiger partial charge in [0.1, 0.15) is 0 Å². The molecule has 0 aromatic heterocycles. The monoisotopic (exact) mass is 162 g/mol. The molecule has 2 unspecified atom stereocenters. The Morgan fingerprint density at radius 2 is 1.09 bits per heavy atom. The van der Waals surface area contributed by atoms with Crippen LogP contribution in [0.5, 0.6) is 0 Å². The van der Waals surface area contributed by atoms with Crippen LogP contribution in [0, 0.1) is 11.8 Å². The van der Waals surface area contributed by atoms with E-state index < -0.39 is 12.6 Å². The summed E-state index contributed by atoms with van der Waals surface area (Å²) in [5.74, 6) is 0.0341. The minimum absolute atomic E-state index is 0.0170. The zero-order valence-electron chi connectivity index (χ0n) is 7.61. The Kier molecular flexibility index (Phi) is 4.65. The summed E-state index contributed by atoms with van der Waals surface area (Å²) in [5, 5.41) is 18.3. The predicted octanol–water partition coefficient (Wildman–Crippen LogP) is 0.952. The Morgan fingerprint density at radius 3 is 1.27 bits per heavy atom. The highest BCUT2D eigenvalue weighted by atomic mass is 16.7. The second-order valence-corrected chi connectivity index (χ2v) is 3.41. The highest BCUT2D eigenvalue weighted by molar-refractivity contribution is 4.52. The van der Waals surface area contributed by atoms with Crippen molar-refractivity contribution in [2.24, 2.45) is 11.8 Å². The predicted molar refractivity (Wildman–Crippen MR) is 42.8 cm³/mol. The van der Waals surface area contributed by atoms with E-state index in [1.807, 2.05) is 27.7 Å². The number of rotatable bonds is 4. The first kappa shape index (κ1) is 10.9. The number of ether oxygens (including phenoxy) is 1. The van der Waals surface area contributed by atoms with Gasteiger partial charge < -0.3 is 14.9 Å². The molecule has 0 radical (unpaired) electrons. The summed E-state index contributed by atoms with van der Waals surface area (Å²) in [7, 11) is 0. The molecule has 3 heteroatoms. The minimum Gasteiger partial charge on any atom is -0.368 e. The Labute approximate surface area is 68.0 Å². The van der Waals surface area contributed by atoms with Crippen molar-refractivity contribution >= 4 is 0 Å². The van der Waals surface area contributed by atoms with Gasteiger partial charge in [-0.05, 0) is 0 Å². The Balaban J connectivity index is 3.66. The van der Waals surface area contributed by atoms with Gasteiger partial charge in [-0.1, -0.05) is 27.7 Å². The molecule has 0 amide bonds. The quantitative estimate of drug-likeness (QED) is 0.605. The average Bonchev–Trinajstić information content (AvgIpc) is 1.87. The second-order valence-electron chi connectivity index (χ2n) is 3.41. The summed E-state index contributed by atoms with van der Waals surface area (Å²) in [5.41, 5.74) is 0. The molecule has 0 saturated carbocycles. The summed E-state index contributed by atoms with van der Waals surface area (Å²) in [6, 6.07) is 0. The van der Waals surface area contributed by atoms with E-state index in [1.165, 1.54) is 0 Å². The third kappa shape index (κ3) is 4.35. The van der Waals surface area contributed by atoms with Crippen LogP contribution in [0.25, 0.3) is 0 Å². The van der Waals surface area contributed by atoms with Gasteiger partial charge in [-0.15, -0.1) is 0 Å². The topological polar surface area (TPSA) is 49.7 Å². The van der Waals surface area contributed by atoms with E-state index in [1.54, 1.807) is 0 Å². The van der Waals surface area contributed by atoms with Crippen molar-refractivity contribution in [3.05, 3.63) is 0 Å². The van der Waals surface area contributed by atoms with Gasteiger partial charge in [-0.2, -0.15) is 0 Å². The average molecular weight is 162 g/mol. The van der Waals surface area contributed by atoms with Gasteiger partial charge in [-0.3, -0.25) is 0 Å². The fourth-order valence-corrected chi connectivity index (χ4v) is 0.457. The van der Waals surface area contributed by atoms with Crippen LogP contribution < -0.4 is 0 Å². The lowest BCUT2D eigenvalue weighted by atomic mass is 10.2. The van der Waals surface area contributed by atoms with Crippen LogP contribution in [-0.4, -0.2) is 22.8 Å². The summed E-state index contributed by atoms with van der Waals surface area (Å²) >= 11 is 0. The molecular weight excluding hydrogens is 144 g/mol. The zero-order valence-corrected chi connectivity index (χ0v) is 7.61. The van der Waals surface area contributed by atoms with E-state index in [0.29, 0.717) is 0 Å². The fraction of sp³-hybridized carbons (Fsp3) is 1.00. The molecule has 68 valence electrons. The molecule has 0 rings (SSSR count). The zero-order chi connectivity index (χ0) is 9.02. The van der Waals surface area contributed by atoms with Gasteiger partial charge in [0, 0.05) is 11.8 Å². The largest absolute Gasteiger partial charge is 0.368 e. The minimum atomic E-state index is -0.868. The SMILES string of the molecule is CC(C)C(O)OC(O)C(C)C. The van der Waals surface area contributed by atoms with E-state index in [2.05, 4.69) is 0 Å². The maximum Gasteiger partial charge on any atom is 0.159 e. The highest BCUT2D eigenvalue weighted by Crippen LogP contribution is 2.09. The van der Waals surface area contributed by atoms with Crippen molar-refractivity contribution in [1.82, 2.24) is 0 Å². The number of hydrogen-bond donors (Lipinski definition) is 2. The number of aliphatic hydroxyl groups is 2. The molecule has 11 heavy (non-hydrogen) atoms. The number of aliphatic hydroxyl groups excluding tert-OH is 2. The molecule has 0 spiro atoms. The Morgan fingerprint density at radius 1 is 0.818 bits per heavy atom. The molecule has 0 saturated heterocycles. The number of hydrogen-bond acceptors (Lipinski definition) is 3. The Hall–Kier alpha value is -0.120. The smallest absolute Gasteiger partial charge is 0.159 e. The molecule has 0 aliphatic rings. The van der Waals surface area contributed by atoms with Crippen LogP contribution >= 0.6 is 0 Å². The van der Waals surface area contributed by atoms with Crippen molar-refractivity contribution in [2.75, 3.05) is 0 Å². The lowest BCUT2D eigenvalue weighted by molar-refractivity contribution is -0.237.